The number of rotatable bonds is 4. The molecule has 1 N–H and O–H groups in total. The SMILES string of the molecule is CC(C)CONC(=O)c1ccc(C#N)cn1. The monoisotopic (exact) mass is 219 g/mol. The Hall–Kier alpha value is -1.93. The molecule has 0 radical (unpaired) electrons. The summed E-state index contributed by atoms with van der Waals surface area (Å²) in [6.07, 6.45) is 1.34. The van der Waals surface area contributed by atoms with Crippen molar-refractivity contribution in [1.29, 1.82) is 5.26 Å². The number of nitrogens with zero attached hydrogens (tertiary/aromatic N) is 2. The van der Waals surface area contributed by atoms with Gasteiger partial charge >= 0.3 is 0 Å². The van der Waals surface area contributed by atoms with E-state index in [2.05, 4.69) is 10.5 Å². The quantitative estimate of drug-likeness (QED) is 0.774. The molecule has 0 aliphatic heterocycles. The highest BCUT2D eigenvalue weighted by Gasteiger charge is 2.07. The van der Waals surface area contributed by atoms with Crippen molar-refractivity contribution in [3.8, 4) is 6.07 Å². The van der Waals surface area contributed by atoms with Crippen molar-refractivity contribution in [3.63, 3.8) is 0 Å². The number of aromatic nitrogens is 1. The van der Waals surface area contributed by atoms with Crippen LogP contribution in [0.25, 0.3) is 0 Å². The zero-order chi connectivity index (χ0) is 12.0. The smallest absolute Gasteiger partial charge is 0.273 e. The summed E-state index contributed by atoms with van der Waals surface area (Å²) in [4.78, 5) is 20.2. The first-order valence-electron chi connectivity index (χ1n) is 4.91. The van der Waals surface area contributed by atoms with Crippen LogP contribution in [0.4, 0.5) is 0 Å². The molecule has 0 aliphatic rings. The highest BCUT2D eigenvalue weighted by molar-refractivity contribution is 5.91. The third-order valence-corrected chi connectivity index (χ3v) is 1.71. The number of hydrogen-bond acceptors (Lipinski definition) is 4. The minimum Gasteiger partial charge on any atom is -0.273 e. The van der Waals surface area contributed by atoms with Gasteiger partial charge in [-0.25, -0.2) is 10.5 Å². The first-order valence-corrected chi connectivity index (χ1v) is 4.91. The van der Waals surface area contributed by atoms with Crippen molar-refractivity contribution in [2.24, 2.45) is 5.92 Å². The third kappa shape index (κ3) is 3.67. The second-order valence-electron chi connectivity index (χ2n) is 3.68. The molecule has 0 spiro atoms. The van der Waals surface area contributed by atoms with Crippen LogP contribution >= 0.6 is 0 Å². The largest absolute Gasteiger partial charge is 0.293 e. The molecular formula is C11H13N3O2. The number of nitriles is 1. The van der Waals surface area contributed by atoms with Gasteiger partial charge in [-0.2, -0.15) is 5.26 Å². The summed E-state index contributed by atoms with van der Waals surface area (Å²) in [6.45, 7) is 4.40. The summed E-state index contributed by atoms with van der Waals surface area (Å²) in [5.41, 5.74) is 2.92. The molecule has 16 heavy (non-hydrogen) atoms. The van der Waals surface area contributed by atoms with Crippen LogP contribution in [0.2, 0.25) is 0 Å². The highest BCUT2D eigenvalue weighted by Crippen LogP contribution is 1.99. The van der Waals surface area contributed by atoms with Gasteiger partial charge in [-0.1, -0.05) is 13.8 Å². The van der Waals surface area contributed by atoms with Crippen LogP contribution < -0.4 is 5.48 Å². The van der Waals surface area contributed by atoms with E-state index in [1.54, 1.807) is 0 Å². The molecule has 0 bridgehead atoms. The van der Waals surface area contributed by atoms with E-state index in [4.69, 9.17) is 10.1 Å². The van der Waals surface area contributed by atoms with E-state index < -0.39 is 5.91 Å². The van der Waals surface area contributed by atoms with Crippen LogP contribution in [0, 0.1) is 17.2 Å². The molecule has 5 nitrogen and oxygen atoms in total. The van der Waals surface area contributed by atoms with Crippen LogP contribution in [0.1, 0.15) is 29.9 Å². The Morgan fingerprint density at radius 3 is 2.88 bits per heavy atom. The lowest BCUT2D eigenvalue weighted by molar-refractivity contribution is 0.0205. The Labute approximate surface area is 94.0 Å². The van der Waals surface area contributed by atoms with Gasteiger partial charge in [0.15, 0.2) is 0 Å². The maximum atomic E-state index is 11.4. The minimum absolute atomic E-state index is 0.225. The van der Waals surface area contributed by atoms with E-state index in [9.17, 15) is 4.79 Å². The molecule has 1 heterocycles. The lowest BCUT2D eigenvalue weighted by atomic mass is 10.2. The second kappa shape index (κ2) is 5.83. The zero-order valence-electron chi connectivity index (χ0n) is 9.23. The van der Waals surface area contributed by atoms with Crippen LogP contribution in [0.15, 0.2) is 18.3 Å². The Balaban J connectivity index is 2.50. The van der Waals surface area contributed by atoms with E-state index in [0.29, 0.717) is 18.1 Å². The van der Waals surface area contributed by atoms with Crippen molar-refractivity contribution in [1.82, 2.24) is 10.5 Å². The first-order chi connectivity index (χ1) is 7.63. The second-order valence-corrected chi connectivity index (χ2v) is 3.68. The summed E-state index contributed by atoms with van der Waals surface area (Å²) < 4.78 is 0. The molecular weight excluding hydrogens is 206 g/mol. The summed E-state index contributed by atoms with van der Waals surface area (Å²) in [7, 11) is 0. The summed E-state index contributed by atoms with van der Waals surface area (Å²) in [6, 6.07) is 4.94. The van der Waals surface area contributed by atoms with E-state index >= 15 is 0 Å². The molecule has 1 rings (SSSR count). The Bertz CT molecular complexity index is 393. The predicted molar refractivity (Wildman–Crippen MR) is 57.2 cm³/mol. The molecule has 0 unspecified atom stereocenters. The lowest BCUT2D eigenvalue weighted by Crippen LogP contribution is -2.26. The summed E-state index contributed by atoms with van der Waals surface area (Å²) in [5.74, 6) is -0.0700. The average molecular weight is 219 g/mol. The Morgan fingerprint density at radius 2 is 2.38 bits per heavy atom. The highest BCUT2D eigenvalue weighted by atomic mass is 16.6. The number of hydrogen-bond donors (Lipinski definition) is 1. The fraction of sp³-hybridized carbons (Fsp3) is 0.364. The number of amides is 1. The molecule has 5 heteroatoms. The van der Waals surface area contributed by atoms with Gasteiger partial charge in [-0.15, -0.1) is 0 Å². The van der Waals surface area contributed by atoms with E-state index in [1.807, 2.05) is 19.9 Å². The van der Waals surface area contributed by atoms with Crippen molar-refractivity contribution in [3.05, 3.63) is 29.6 Å². The molecule has 0 aliphatic carbocycles. The van der Waals surface area contributed by atoms with Crippen LogP contribution in [0.3, 0.4) is 0 Å². The Kier molecular flexibility index (Phi) is 4.42. The van der Waals surface area contributed by atoms with Gasteiger partial charge in [0.25, 0.3) is 5.91 Å². The fourth-order valence-electron chi connectivity index (χ4n) is 0.920. The van der Waals surface area contributed by atoms with Gasteiger partial charge in [0, 0.05) is 6.20 Å². The molecule has 0 atom stereocenters. The van der Waals surface area contributed by atoms with Crippen LogP contribution in [-0.2, 0) is 4.84 Å². The van der Waals surface area contributed by atoms with Gasteiger partial charge in [0.2, 0.25) is 0 Å². The first kappa shape index (κ1) is 12.1. The van der Waals surface area contributed by atoms with Crippen molar-refractivity contribution in [2.75, 3.05) is 6.61 Å². The van der Waals surface area contributed by atoms with Crippen LogP contribution in [-0.4, -0.2) is 17.5 Å². The summed E-state index contributed by atoms with van der Waals surface area (Å²) in [5, 5.41) is 8.55. The van der Waals surface area contributed by atoms with Crippen molar-refractivity contribution in [2.45, 2.75) is 13.8 Å². The van der Waals surface area contributed by atoms with Gasteiger partial charge in [0.1, 0.15) is 11.8 Å². The molecule has 0 fully saturated rings. The zero-order valence-corrected chi connectivity index (χ0v) is 9.23. The van der Waals surface area contributed by atoms with Gasteiger partial charge < -0.3 is 0 Å². The number of hydroxylamine groups is 1. The fourth-order valence-corrected chi connectivity index (χ4v) is 0.920. The van der Waals surface area contributed by atoms with E-state index in [1.165, 1.54) is 18.3 Å². The maximum absolute atomic E-state index is 11.4. The number of carbonyl (C=O) groups excluding carboxylic acids is 1. The lowest BCUT2D eigenvalue weighted by Gasteiger charge is -2.06. The molecule has 1 aromatic rings. The van der Waals surface area contributed by atoms with Gasteiger partial charge in [-0.05, 0) is 18.1 Å². The normalized spacial score (nSPS) is 9.88. The van der Waals surface area contributed by atoms with Gasteiger partial charge in [-0.3, -0.25) is 9.63 Å². The number of pyridine rings is 1. The average Bonchev–Trinajstić information content (AvgIpc) is 2.28. The topological polar surface area (TPSA) is 75.0 Å². The van der Waals surface area contributed by atoms with Gasteiger partial charge in [0.05, 0.1) is 12.2 Å². The van der Waals surface area contributed by atoms with Crippen molar-refractivity contribution >= 4 is 5.91 Å². The van der Waals surface area contributed by atoms with Crippen molar-refractivity contribution < 1.29 is 9.63 Å². The predicted octanol–water partition coefficient (Wildman–Crippen LogP) is 1.27. The summed E-state index contributed by atoms with van der Waals surface area (Å²) >= 11 is 0. The van der Waals surface area contributed by atoms with Crippen LogP contribution in [0.5, 0.6) is 0 Å². The Morgan fingerprint density at radius 1 is 1.62 bits per heavy atom. The molecule has 1 aromatic heterocycles. The third-order valence-electron chi connectivity index (χ3n) is 1.71. The van der Waals surface area contributed by atoms with E-state index in [-0.39, 0.29) is 5.69 Å². The molecule has 0 saturated heterocycles. The van der Waals surface area contributed by atoms with E-state index in [0.717, 1.165) is 0 Å². The molecule has 0 saturated carbocycles. The number of carbonyl (C=O) groups is 1. The molecule has 84 valence electrons. The standard InChI is InChI=1S/C11H13N3O2/c1-8(2)7-16-14-11(15)10-4-3-9(5-12)6-13-10/h3-4,6,8H,7H2,1-2H3,(H,14,15). The minimum atomic E-state index is -0.412. The molecule has 0 aromatic carbocycles. The molecule has 1 amide bonds. The number of nitrogens with one attached hydrogen (secondary N) is 1. The maximum Gasteiger partial charge on any atom is 0.293 e.